The highest BCUT2D eigenvalue weighted by atomic mass is 79.9. The lowest BCUT2D eigenvalue weighted by Crippen LogP contribution is -2.45. The van der Waals surface area contributed by atoms with Crippen LogP contribution in [0.25, 0.3) is 5.69 Å². The molecule has 1 aliphatic carbocycles. The largest absolute Gasteiger partial charge is 0.349 e. The minimum Gasteiger partial charge on any atom is -0.349 e. The molecule has 2 aromatic rings. The summed E-state index contributed by atoms with van der Waals surface area (Å²) in [4.78, 5) is 12.6. The first kappa shape index (κ1) is 19.9. The second-order valence-electron chi connectivity index (χ2n) is 7.04. The third-order valence-corrected chi connectivity index (χ3v) is 4.65. The Bertz CT molecular complexity index is 767. The average molecular weight is 428 g/mol. The third kappa shape index (κ3) is 4.63. The molecule has 3 N–H and O–H groups in total. The summed E-state index contributed by atoms with van der Waals surface area (Å²) in [6, 6.07) is 7.99. The van der Waals surface area contributed by atoms with Gasteiger partial charge in [-0.1, -0.05) is 22.0 Å². The fraction of sp³-hybridized carbons (Fsp3) is 0.444. The van der Waals surface area contributed by atoms with Crippen LogP contribution >= 0.6 is 28.3 Å². The monoisotopic (exact) mass is 426 g/mol. The van der Waals surface area contributed by atoms with Crippen molar-refractivity contribution in [3.63, 3.8) is 0 Å². The second-order valence-corrected chi connectivity index (χ2v) is 7.96. The maximum atomic E-state index is 12.6. The first-order chi connectivity index (χ1) is 11.3. The quantitative estimate of drug-likeness (QED) is 0.785. The van der Waals surface area contributed by atoms with E-state index in [2.05, 4.69) is 26.3 Å². The van der Waals surface area contributed by atoms with Crippen LogP contribution in [0.5, 0.6) is 0 Å². The Kier molecular flexibility index (Phi) is 6.30. The SMILES string of the molecule is CC(C)(N)CNC(=O)c1nn(-c2cccc(Br)c2)c2c1CCCC2.Cl. The van der Waals surface area contributed by atoms with Crippen molar-refractivity contribution in [2.75, 3.05) is 6.54 Å². The summed E-state index contributed by atoms with van der Waals surface area (Å²) in [5, 5.41) is 7.56. The summed E-state index contributed by atoms with van der Waals surface area (Å²) < 4.78 is 2.91. The Morgan fingerprint density at radius 3 is 2.76 bits per heavy atom. The van der Waals surface area contributed by atoms with Crippen LogP contribution in [0.1, 0.15) is 48.4 Å². The van der Waals surface area contributed by atoms with Crippen LogP contribution < -0.4 is 11.1 Å². The fourth-order valence-corrected chi connectivity index (χ4v) is 3.38. The van der Waals surface area contributed by atoms with Crippen LogP contribution in [0, 0.1) is 0 Å². The Hall–Kier alpha value is -1.37. The number of amides is 1. The zero-order chi connectivity index (χ0) is 17.3. The fourth-order valence-electron chi connectivity index (χ4n) is 2.99. The molecule has 7 heteroatoms. The third-order valence-electron chi connectivity index (χ3n) is 4.15. The van der Waals surface area contributed by atoms with E-state index in [0.717, 1.165) is 47.1 Å². The summed E-state index contributed by atoms with van der Waals surface area (Å²) in [7, 11) is 0. The van der Waals surface area contributed by atoms with Gasteiger partial charge in [0.15, 0.2) is 5.69 Å². The van der Waals surface area contributed by atoms with Crippen molar-refractivity contribution in [3.05, 3.63) is 45.7 Å². The van der Waals surface area contributed by atoms with Crippen LogP contribution in [0.2, 0.25) is 0 Å². The lowest BCUT2D eigenvalue weighted by molar-refractivity contribution is 0.0939. The highest BCUT2D eigenvalue weighted by molar-refractivity contribution is 9.10. The standard InChI is InChI=1S/C18H23BrN4O.ClH/c1-18(2,20)11-21-17(24)16-14-8-3-4-9-15(14)23(22-16)13-7-5-6-12(19)10-13;/h5-7,10H,3-4,8-9,11,20H2,1-2H3,(H,21,24);1H. The molecule has 25 heavy (non-hydrogen) atoms. The molecule has 0 bridgehead atoms. The van der Waals surface area contributed by atoms with Crippen LogP contribution in [0.4, 0.5) is 0 Å². The first-order valence-corrected chi connectivity index (χ1v) is 9.08. The summed E-state index contributed by atoms with van der Waals surface area (Å²) >= 11 is 3.50. The molecular weight excluding hydrogens is 404 g/mol. The number of fused-ring (bicyclic) bond motifs is 1. The van der Waals surface area contributed by atoms with Crippen molar-refractivity contribution in [1.29, 1.82) is 0 Å². The number of hydrogen-bond acceptors (Lipinski definition) is 3. The van der Waals surface area contributed by atoms with Gasteiger partial charge in [-0.05, 0) is 57.7 Å². The number of nitrogens with two attached hydrogens (primary N) is 1. The highest BCUT2D eigenvalue weighted by Gasteiger charge is 2.26. The molecule has 0 atom stereocenters. The van der Waals surface area contributed by atoms with Gasteiger partial charge in [-0.25, -0.2) is 4.68 Å². The van der Waals surface area contributed by atoms with Gasteiger partial charge in [0.1, 0.15) is 0 Å². The van der Waals surface area contributed by atoms with Crippen molar-refractivity contribution in [2.45, 2.75) is 45.1 Å². The molecule has 0 spiro atoms. The number of aromatic nitrogens is 2. The topological polar surface area (TPSA) is 72.9 Å². The lowest BCUT2D eigenvalue weighted by atomic mass is 9.95. The Labute approximate surface area is 162 Å². The van der Waals surface area contributed by atoms with Crippen molar-refractivity contribution >= 4 is 34.2 Å². The molecule has 3 rings (SSSR count). The Balaban J connectivity index is 0.00000225. The normalized spacial score (nSPS) is 13.8. The second kappa shape index (κ2) is 7.89. The van der Waals surface area contributed by atoms with Gasteiger partial charge in [0.2, 0.25) is 0 Å². The van der Waals surface area contributed by atoms with E-state index in [1.54, 1.807) is 0 Å². The van der Waals surface area contributed by atoms with Crippen molar-refractivity contribution < 1.29 is 4.79 Å². The summed E-state index contributed by atoms with van der Waals surface area (Å²) in [5.41, 5.74) is 9.26. The predicted octanol–water partition coefficient (Wildman–Crippen LogP) is 3.40. The number of nitrogens with one attached hydrogen (secondary N) is 1. The van der Waals surface area contributed by atoms with Gasteiger partial charge in [-0.2, -0.15) is 5.10 Å². The van der Waals surface area contributed by atoms with Crippen LogP contribution in [-0.2, 0) is 12.8 Å². The van der Waals surface area contributed by atoms with Crippen molar-refractivity contribution in [2.24, 2.45) is 5.73 Å². The van der Waals surface area contributed by atoms with E-state index < -0.39 is 5.54 Å². The minimum atomic E-state index is -0.442. The van der Waals surface area contributed by atoms with Gasteiger partial charge in [0, 0.05) is 27.8 Å². The summed E-state index contributed by atoms with van der Waals surface area (Å²) in [6.07, 6.45) is 4.08. The zero-order valence-electron chi connectivity index (χ0n) is 14.5. The predicted molar refractivity (Wildman–Crippen MR) is 106 cm³/mol. The van der Waals surface area contributed by atoms with E-state index in [9.17, 15) is 4.79 Å². The van der Waals surface area contributed by atoms with E-state index in [-0.39, 0.29) is 18.3 Å². The van der Waals surface area contributed by atoms with Gasteiger partial charge < -0.3 is 11.1 Å². The van der Waals surface area contributed by atoms with Gasteiger partial charge >= 0.3 is 0 Å². The molecule has 1 amide bonds. The number of halogens is 2. The molecule has 0 aliphatic heterocycles. The number of carbonyl (C=O) groups excluding carboxylic acids is 1. The molecule has 1 aromatic heterocycles. The van der Waals surface area contributed by atoms with Gasteiger partial charge in [-0.3, -0.25) is 4.79 Å². The molecule has 0 saturated carbocycles. The number of hydrogen-bond donors (Lipinski definition) is 2. The number of rotatable bonds is 4. The van der Waals surface area contributed by atoms with Crippen LogP contribution in [0.3, 0.4) is 0 Å². The van der Waals surface area contributed by atoms with Crippen LogP contribution in [0.15, 0.2) is 28.7 Å². The molecule has 1 aliphatic rings. The van der Waals surface area contributed by atoms with Crippen LogP contribution in [-0.4, -0.2) is 27.8 Å². The molecule has 1 aromatic carbocycles. The maximum absolute atomic E-state index is 12.6. The van der Waals surface area contributed by atoms with Gasteiger partial charge in [-0.15, -0.1) is 12.4 Å². The van der Waals surface area contributed by atoms with E-state index >= 15 is 0 Å². The zero-order valence-corrected chi connectivity index (χ0v) is 16.9. The highest BCUT2D eigenvalue weighted by Crippen LogP contribution is 2.27. The maximum Gasteiger partial charge on any atom is 0.272 e. The Morgan fingerprint density at radius 2 is 2.08 bits per heavy atom. The smallest absolute Gasteiger partial charge is 0.272 e. The van der Waals surface area contributed by atoms with E-state index in [4.69, 9.17) is 5.73 Å². The Morgan fingerprint density at radius 1 is 1.36 bits per heavy atom. The first-order valence-electron chi connectivity index (χ1n) is 8.29. The number of carbonyl (C=O) groups is 1. The summed E-state index contributed by atoms with van der Waals surface area (Å²) in [6.45, 7) is 4.20. The molecule has 0 radical (unpaired) electrons. The lowest BCUT2D eigenvalue weighted by Gasteiger charge is -2.19. The number of nitrogens with zero attached hydrogens (tertiary/aromatic N) is 2. The van der Waals surface area contributed by atoms with Crippen molar-refractivity contribution in [1.82, 2.24) is 15.1 Å². The average Bonchev–Trinajstić information content (AvgIpc) is 2.92. The van der Waals surface area contributed by atoms with Gasteiger partial charge in [0.25, 0.3) is 5.91 Å². The van der Waals surface area contributed by atoms with E-state index in [1.807, 2.05) is 42.8 Å². The minimum absolute atomic E-state index is 0. The summed E-state index contributed by atoms with van der Waals surface area (Å²) in [5.74, 6) is -0.138. The molecule has 5 nitrogen and oxygen atoms in total. The van der Waals surface area contributed by atoms with Gasteiger partial charge in [0.05, 0.1) is 5.69 Å². The van der Waals surface area contributed by atoms with E-state index in [1.165, 1.54) is 0 Å². The molecular formula is C18H24BrClN4O. The molecule has 136 valence electrons. The molecule has 0 fully saturated rings. The number of benzene rings is 1. The molecule has 0 saturated heterocycles. The van der Waals surface area contributed by atoms with E-state index in [0.29, 0.717) is 12.2 Å². The molecule has 0 unspecified atom stereocenters. The molecule has 1 heterocycles. The van der Waals surface area contributed by atoms with Crippen molar-refractivity contribution in [3.8, 4) is 5.69 Å².